The van der Waals surface area contributed by atoms with Crippen LogP contribution < -0.4 is 4.74 Å². The van der Waals surface area contributed by atoms with Crippen molar-refractivity contribution in [3.63, 3.8) is 0 Å². The lowest BCUT2D eigenvalue weighted by molar-refractivity contribution is -0.135. The summed E-state index contributed by atoms with van der Waals surface area (Å²) in [5, 5.41) is 20.3. The van der Waals surface area contributed by atoms with Gasteiger partial charge in [0.05, 0.1) is 18.7 Å². The minimum Gasteiger partial charge on any atom is -0.494 e. The zero-order valence-electron chi connectivity index (χ0n) is 8.88. The van der Waals surface area contributed by atoms with Crippen LogP contribution in [0.4, 0.5) is 0 Å². The lowest BCUT2D eigenvalue weighted by atomic mass is 10.1. The molecule has 86 valence electrons. The normalized spacial score (nSPS) is 11.2. The molecule has 0 atom stereocenters. The van der Waals surface area contributed by atoms with Crippen LogP contribution in [0, 0.1) is 0 Å². The van der Waals surface area contributed by atoms with Gasteiger partial charge in [0, 0.05) is 5.56 Å². The van der Waals surface area contributed by atoms with Crippen LogP contribution in [-0.4, -0.2) is 28.6 Å². The van der Waals surface area contributed by atoms with Crippen LogP contribution in [-0.2, 0) is 4.79 Å². The van der Waals surface area contributed by atoms with E-state index in [4.69, 9.17) is 15.1 Å². The van der Waals surface area contributed by atoms with Crippen molar-refractivity contribution < 1.29 is 19.8 Å². The molecular formula is C11H13NO4. The number of ether oxygens (including phenoxy) is 1. The van der Waals surface area contributed by atoms with Gasteiger partial charge in [0.2, 0.25) is 0 Å². The highest BCUT2D eigenvalue weighted by Gasteiger charge is 2.09. The van der Waals surface area contributed by atoms with Gasteiger partial charge in [-0.25, -0.2) is 0 Å². The molecule has 0 fully saturated rings. The molecule has 0 aliphatic carbocycles. The lowest BCUT2D eigenvalue weighted by Gasteiger charge is -2.05. The predicted octanol–water partition coefficient (Wildman–Crippen LogP) is 1.74. The summed E-state index contributed by atoms with van der Waals surface area (Å²) in [6, 6.07) is 6.71. The second kappa shape index (κ2) is 5.75. The first-order valence-electron chi connectivity index (χ1n) is 4.83. The number of benzene rings is 1. The summed E-state index contributed by atoms with van der Waals surface area (Å²) in [6.45, 7) is 2.44. The molecule has 0 bridgehead atoms. The minimum atomic E-state index is -1.04. The highest BCUT2D eigenvalue weighted by molar-refractivity contribution is 6.08. The van der Waals surface area contributed by atoms with Crippen LogP contribution in [0.15, 0.2) is 29.4 Å². The van der Waals surface area contributed by atoms with Gasteiger partial charge < -0.3 is 15.1 Å². The second-order valence-electron chi connectivity index (χ2n) is 3.07. The highest BCUT2D eigenvalue weighted by atomic mass is 16.5. The van der Waals surface area contributed by atoms with Crippen molar-refractivity contribution in [1.82, 2.24) is 0 Å². The number of hydrogen-bond acceptors (Lipinski definition) is 4. The summed E-state index contributed by atoms with van der Waals surface area (Å²) in [7, 11) is 0. The van der Waals surface area contributed by atoms with E-state index in [1.807, 2.05) is 6.92 Å². The van der Waals surface area contributed by atoms with Gasteiger partial charge in [-0.2, -0.15) is 0 Å². The van der Waals surface area contributed by atoms with Crippen molar-refractivity contribution >= 4 is 11.7 Å². The number of aliphatic carboxylic acids is 1. The summed E-state index contributed by atoms with van der Waals surface area (Å²) in [4.78, 5) is 10.5. The van der Waals surface area contributed by atoms with Crippen LogP contribution in [0.1, 0.15) is 18.9 Å². The zero-order chi connectivity index (χ0) is 12.0. The Hall–Kier alpha value is -2.04. The summed E-state index contributed by atoms with van der Waals surface area (Å²) >= 11 is 0. The van der Waals surface area contributed by atoms with E-state index >= 15 is 0 Å². The van der Waals surface area contributed by atoms with Gasteiger partial charge in [-0.05, 0) is 31.2 Å². The molecule has 16 heavy (non-hydrogen) atoms. The van der Waals surface area contributed by atoms with E-state index < -0.39 is 5.97 Å². The average molecular weight is 223 g/mol. The van der Waals surface area contributed by atoms with Gasteiger partial charge in [-0.1, -0.05) is 5.16 Å². The standard InChI is InChI=1S/C11H13NO4/c1-2-16-9-5-3-8(4-6-9)10(12-15)7-11(13)14/h3-6,15H,2,7H2,1H3,(H,13,14)/b12-10-. The van der Waals surface area contributed by atoms with Crippen molar-refractivity contribution in [2.45, 2.75) is 13.3 Å². The predicted molar refractivity (Wildman–Crippen MR) is 58.2 cm³/mol. The first kappa shape index (κ1) is 12.0. The molecule has 0 aromatic heterocycles. The van der Waals surface area contributed by atoms with Crippen LogP contribution in [0.5, 0.6) is 5.75 Å². The summed E-state index contributed by atoms with van der Waals surface area (Å²) in [5.41, 5.74) is 0.684. The molecule has 0 saturated heterocycles. The number of hydrogen-bond donors (Lipinski definition) is 2. The molecule has 1 aromatic carbocycles. The van der Waals surface area contributed by atoms with E-state index in [9.17, 15) is 4.79 Å². The highest BCUT2D eigenvalue weighted by Crippen LogP contribution is 2.13. The maximum Gasteiger partial charge on any atom is 0.309 e. The zero-order valence-corrected chi connectivity index (χ0v) is 8.88. The number of rotatable bonds is 5. The first-order valence-corrected chi connectivity index (χ1v) is 4.83. The topological polar surface area (TPSA) is 79.1 Å². The molecule has 1 aromatic rings. The van der Waals surface area contributed by atoms with Crippen molar-refractivity contribution in [2.24, 2.45) is 5.16 Å². The first-order chi connectivity index (χ1) is 7.67. The van der Waals surface area contributed by atoms with Crippen molar-refractivity contribution in [1.29, 1.82) is 0 Å². The maximum atomic E-state index is 10.5. The van der Waals surface area contributed by atoms with E-state index in [0.29, 0.717) is 17.9 Å². The molecule has 0 heterocycles. The van der Waals surface area contributed by atoms with E-state index in [0.717, 1.165) is 0 Å². The Morgan fingerprint density at radius 2 is 2.00 bits per heavy atom. The molecule has 0 unspecified atom stereocenters. The number of carboxylic acids is 1. The van der Waals surface area contributed by atoms with Crippen molar-refractivity contribution in [3.8, 4) is 5.75 Å². The molecule has 5 nitrogen and oxygen atoms in total. The fourth-order valence-electron chi connectivity index (χ4n) is 1.25. The van der Waals surface area contributed by atoms with Crippen LogP contribution in [0.25, 0.3) is 0 Å². The Bertz CT molecular complexity index is 383. The van der Waals surface area contributed by atoms with Crippen molar-refractivity contribution in [2.75, 3.05) is 6.61 Å². The van der Waals surface area contributed by atoms with E-state index in [-0.39, 0.29) is 12.1 Å². The summed E-state index contributed by atoms with van der Waals surface area (Å²) in [6.07, 6.45) is -0.315. The molecule has 0 aliphatic heterocycles. The van der Waals surface area contributed by atoms with Crippen LogP contribution in [0.2, 0.25) is 0 Å². The Labute approximate surface area is 93.0 Å². The van der Waals surface area contributed by atoms with E-state index in [1.54, 1.807) is 24.3 Å². The number of oxime groups is 1. The number of carbonyl (C=O) groups is 1. The van der Waals surface area contributed by atoms with E-state index in [2.05, 4.69) is 5.16 Å². The molecule has 0 aliphatic rings. The SMILES string of the molecule is CCOc1ccc(/C(CC(=O)O)=N\O)cc1. The number of carboxylic acid groups (broad SMARTS) is 1. The van der Waals surface area contributed by atoms with Gasteiger partial charge in [0.1, 0.15) is 5.75 Å². The molecule has 0 saturated carbocycles. The van der Waals surface area contributed by atoms with Gasteiger partial charge in [-0.3, -0.25) is 4.79 Å². The molecule has 1 rings (SSSR count). The summed E-state index contributed by atoms with van der Waals surface area (Å²) in [5.74, 6) is -0.347. The number of nitrogens with zero attached hydrogens (tertiary/aromatic N) is 1. The molecule has 0 spiro atoms. The van der Waals surface area contributed by atoms with Gasteiger partial charge in [-0.15, -0.1) is 0 Å². The Kier molecular flexibility index (Phi) is 4.32. The Morgan fingerprint density at radius 3 is 2.44 bits per heavy atom. The fraction of sp³-hybridized carbons (Fsp3) is 0.273. The van der Waals surface area contributed by atoms with Crippen LogP contribution in [0.3, 0.4) is 0 Å². The molecular weight excluding hydrogens is 210 g/mol. The van der Waals surface area contributed by atoms with Gasteiger partial charge in [0.15, 0.2) is 0 Å². The lowest BCUT2D eigenvalue weighted by Crippen LogP contribution is -2.08. The largest absolute Gasteiger partial charge is 0.494 e. The van der Waals surface area contributed by atoms with Gasteiger partial charge >= 0.3 is 5.97 Å². The smallest absolute Gasteiger partial charge is 0.309 e. The Balaban J connectivity index is 2.83. The maximum absolute atomic E-state index is 10.5. The van der Waals surface area contributed by atoms with Crippen molar-refractivity contribution in [3.05, 3.63) is 29.8 Å². The third-order valence-electron chi connectivity index (χ3n) is 1.94. The molecule has 5 heteroatoms. The quantitative estimate of drug-likeness (QED) is 0.452. The Morgan fingerprint density at radius 1 is 1.38 bits per heavy atom. The van der Waals surface area contributed by atoms with Gasteiger partial charge in [0.25, 0.3) is 0 Å². The monoisotopic (exact) mass is 223 g/mol. The second-order valence-corrected chi connectivity index (χ2v) is 3.07. The molecule has 2 N–H and O–H groups in total. The third kappa shape index (κ3) is 3.27. The third-order valence-corrected chi connectivity index (χ3v) is 1.94. The summed E-state index contributed by atoms with van der Waals surface area (Å²) < 4.78 is 5.24. The van der Waals surface area contributed by atoms with Crippen LogP contribution >= 0.6 is 0 Å². The average Bonchev–Trinajstić information content (AvgIpc) is 2.27. The molecule has 0 amide bonds. The minimum absolute atomic E-state index is 0.121. The fourth-order valence-corrected chi connectivity index (χ4v) is 1.25. The van der Waals surface area contributed by atoms with E-state index in [1.165, 1.54) is 0 Å². The molecule has 0 radical (unpaired) electrons.